The molecule has 1 aromatic carbocycles. The number of sulfonamides is 1. The second-order valence-electron chi connectivity index (χ2n) is 6.53. The van der Waals surface area contributed by atoms with Crippen LogP contribution in [-0.2, 0) is 10.0 Å². The average molecular weight is 391 g/mol. The smallest absolute Gasteiger partial charge is 0.243 e. The van der Waals surface area contributed by atoms with Gasteiger partial charge in [0.05, 0.1) is 17.2 Å². The lowest BCUT2D eigenvalue weighted by atomic mass is 10.1. The fourth-order valence-electron chi connectivity index (χ4n) is 3.44. The second kappa shape index (κ2) is 8.14. The first-order chi connectivity index (χ1) is 12.9. The molecule has 8 heteroatoms. The molecule has 0 radical (unpaired) electrons. The van der Waals surface area contributed by atoms with Gasteiger partial charge in [-0.3, -0.25) is 0 Å². The lowest BCUT2D eigenvalue weighted by Crippen LogP contribution is -2.43. The van der Waals surface area contributed by atoms with Gasteiger partial charge < -0.3 is 19.2 Å². The predicted molar refractivity (Wildman–Crippen MR) is 98.7 cm³/mol. The molecule has 1 atom stereocenters. The average Bonchev–Trinajstić information content (AvgIpc) is 3.21. The van der Waals surface area contributed by atoms with Crippen molar-refractivity contribution in [3.05, 3.63) is 48.4 Å². The Hall–Kier alpha value is -2.32. The van der Waals surface area contributed by atoms with E-state index in [-0.39, 0.29) is 4.90 Å². The molecule has 2 heterocycles. The van der Waals surface area contributed by atoms with Crippen LogP contribution in [0.25, 0.3) is 0 Å². The maximum absolute atomic E-state index is 12.7. The van der Waals surface area contributed by atoms with Crippen LogP contribution in [0.2, 0.25) is 0 Å². The molecular formula is C19H23N2O5S-. The van der Waals surface area contributed by atoms with Crippen molar-refractivity contribution in [1.82, 2.24) is 4.31 Å². The number of nitrogens with zero attached hydrogens (tertiary/aromatic N) is 2. The van der Waals surface area contributed by atoms with Crippen molar-refractivity contribution in [3.8, 4) is 0 Å². The molecule has 27 heavy (non-hydrogen) atoms. The van der Waals surface area contributed by atoms with E-state index < -0.39 is 22.2 Å². The number of carbonyl (C=O) groups is 1. The number of anilines is 1. The Morgan fingerprint density at radius 3 is 2.37 bits per heavy atom. The number of carboxylic acid groups (broad SMARTS) is 1. The highest BCUT2D eigenvalue weighted by atomic mass is 32.2. The first-order valence-electron chi connectivity index (χ1n) is 9.09. The second-order valence-corrected chi connectivity index (χ2v) is 8.47. The van der Waals surface area contributed by atoms with E-state index in [1.54, 1.807) is 12.1 Å². The van der Waals surface area contributed by atoms with Gasteiger partial charge in [0.2, 0.25) is 10.0 Å². The number of hydrogen-bond acceptors (Lipinski definition) is 5. The van der Waals surface area contributed by atoms with Crippen LogP contribution < -0.4 is 10.0 Å². The SMILES string of the molecule is CCC(c1ccco1)N(C(=O)[O-])c1ccc(S(=O)(=O)N2CCCCC2)cc1. The van der Waals surface area contributed by atoms with Crippen molar-refractivity contribution < 1.29 is 22.7 Å². The number of rotatable bonds is 6. The highest BCUT2D eigenvalue weighted by Crippen LogP contribution is 2.31. The molecule has 0 spiro atoms. The first-order valence-corrected chi connectivity index (χ1v) is 10.5. The van der Waals surface area contributed by atoms with Gasteiger partial charge >= 0.3 is 0 Å². The molecule has 1 aliphatic heterocycles. The third-order valence-corrected chi connectivity index (χ3v) is 6.75. The standard InChI is InChI=1S/C19H24N2O5S/c1-2-17(18-7-6-14-26-18)21(19(22)23)15-8-10-16(11-9-15)27(24,25)20-12-4-3-5-13-20/h6-11,14,17H,2-5,12-13H2,1H3,(H,22,23)/p-1. The Bertz CT molecular complexity index is 856. The lowest BCUT2D eigenvalue weighted by Gasteiger charge is -2.32. The van der Waals surface area contributed by atoms with Gasteiger partial charge in [-0.25, -0.2) is 8.42 Å². The van der Waals surface area contributed by atoms with Crippen molar-refractivity contribution in [2.45, 2.75) is 43.5 Å². The fraction of sp³-hybridized carbons (Fsp3) is 0.421. The van der Waals surface area contributed by atoms with E-state index in [4.69, 9.17) is 4.42 Å². The zero-order valence-corrected chi connectivity index (χ0v) is 16.0. The van der Waals surface area contributed by atoms with E-state index in [2.05, 4.69) is 0 Å². The molecule has 0 saturated carbocycles. The van der Waals surface area contributed by atoms with Crippen LogP contribution in [0.5, 0.6) is 0 Å². The zero-order chi connectivity index (χ0) is 19.4. The first kappa shape index (κ1) is 19.4. The Labute approximate surface area is 159 Å². The number of benzene rings is 1. The van der Waals surface area contributed by atoms with Crippen molar-refractivity contribution >= 4 is 21.8 Å². The van der Waals surface area contributed by atoms with Crippen LogP contribution in [0.15, 0.2) is 52.0 Å². The van der Waals surface area contributed by atoms with Crippen LogP contribution in [-0.4, -0.2) is 31.9 Å². The Morgan fingerprint density at radius 1 is 1.19 bits per heavy atom. The number of amides is 1. The maximum atomic E-state index is 12.7. The van der Waals surface area contributed by atoms with Gasteiger partial charge in [-0.05, 0) is 55.7 Å². The van der Waals surface area contributed by atoms with E-state index in [9.17, 15) is 18.3 Å². The largest absolute Gasteiger partial charge is 0.530 e. The molecule has 146 valence electrons. The van der Waals surface area contributed by atoms with E-state index in [0.717, 1.165) is 24.2 Å². The van der Waals surface area contributed by atoms with Crippen molar-refractivity contribution in [2.24, 2.45) is 0 Å². The van der Waals surface area contributed by atoms with Gasteiger partial charge in [0.15, 0.2) is 0 Å². The Morgan fingerprint density at radius 2 is 1.85 bits per heavy atom. The summed E-state index contributed by atoms with van der Waals surface area (Å²) in [6, 6.07) is 8.75. The van der Waals surface area contributed by atoms with Crippen LogP contribution in [0.3, 0.4) is 0 Å². The van der Waals surface area contributed by atoms with E-state index in [1.807, 2.05) is 6.92 Å². The van der Waals surface area contributed by atoms with Crippen LogP contribution in [0.1, 0.15) is 44.4 Å². The van der Waals surface area contributed by atoms with Gasteiger partial charge in [0, 0.05) is 18.8 Å². The van der Waals surface area contributed by atoms with Gasteiger partial charge in [-0.2, -0.15) is 4.31 Å². The zero-order valence-electron chi connectivity index (χ0n) is 15.2. The summed E-state index contributed by atoms with van der Waals surface area (Å²) in [7, 11) is -3.56. The summed E-state index contributed by atoms with van der Waals surface area (Å²) in [5, 5.41) is 11.8. The lowest BCUT2D eigenvalue weighted by molar-refractivity contribution is -0.247. The van der Waals surface area contributed by atoms with Crippen molar-refractivity contribution in [2.75, 3.05) is 18.0 Å². The summed E-state index contributed by atoms with van der Waals surface area (Å²) in [5.41, 5.74) is 0.343. The molecule has 0 N–H and O–H groups in total. The van der Waals surface area contributed by atoms with Gasteiger partial charge in [0.25, 0.3) is 0 Å². The van der Waals surface area contributed by atoms with Crippen LogP contribution >= 0.6 is 0 Å². The van der Waals surface area contributed by atoms with Crippen LogP contribution in [0.4, 0.5) is 10.5 Å². The summed E-state index contributed by atoms with van der Waals surface area (Å²) < 4.78 is 32.3. The molecule has 7 nitrogen and oxygen atoms in total. The molecule has 1 unspecified atom stereocenters. The van der Waals surface area contributed by atoms with E-state index in [1.165, 1.54) is 34.8 Å². The molecule has 3 rings (SSSR count). The molecule has 0 bridgehead atoms. The number of piperidine rings is 1. The highest BCUT2D eigenvalue weighted by Gasteiger charge is 2.27. The molecule has 1 amide bonds. The minimum atomic E-state index is -3.56. The maximum Gasteiger partial charge on any atom is 0.243 e. The number of carbonyl (C=O) groups excluding carboxylic acids is 1. The van der Waals surface area contributed by atoms with Crippen molar-refractivity contribution in [1.29, 1.82) is 0 Å². The van der Waals surface area contributed by atoms with Crippen molar-refractivity contribution in [3.63, 3.8) is 0 Å². The quantitative estimate of drug-likeness (QED) is 0.755. The summed E-state index contributed by atoms with van der Waals surface area (Å²) in [4.78, 5) is 13.0. The molecule has 1 fully saturated rings. The van der Waals surface area contributed by atoms with E-state index in [0.29, 0.717) is 31.0 Å². The summed E-state index contributed by atoms with van der Waals surface area (Å²) in [6.07, 6.45) is 3.35. The summed E-state index contributed by atoms with van der Waals surface area (Å²) in [5.74, 6) is 0.506. The molecular weight excluding hydrogens is 368 g/mol. The van der Waals surface area contributed by atoms with E-state index >= 15 is 0 Å². The Balaban J connectivity index is 1.89. The molecule has 1 saturated heterocycles. The van der Waals surface area contributed by atoms with Gasteiger partial charge in [-0.1, -0.05) is 13.3 Å². The molecule has 1 aromatic heterocycles. The van der Waals surface area contributed by atoms with Crippen LogP contribution in [0, 0.1) is 0 Å². The monoisotopic (exact) mass is 391 g/mol. The predicted octanol–water partition coefficient (Wildman–Crippen LogP) is 2.76. The highest BCUT2D eigenvalue weighted by molar-refractivity contribution is 7.89. The van der Waals surface area contributed by atoms with Gasteiger partial charge in [0.1, 0.15) is 11.9 Å². The number of furan rings is 1. The number of hydrogen-bond donors (Lipinski definition) is 0. The molecule has 2 aromatic rings. The summed E-state index contributed by atoms with van der Waals surface area (Å²) in [6.45, 7) is 2.88. The van der Waals surface area contributed by atoms with Gasteiger partial charge in [-0.15, -0.1) is 0 Å². The summed E-state index contributed by atoms with van der Waals surface area (Å²) >= 11 is 0. The minimum absolute atomic E-state index is 0.164. The normalized spacial score (nSPS) is 16.8. The molecule has 1 aliphatic rings. The topological polar surface area (TPSA) is 93.9 Å². The third-order valence-electron chi connectivity index (χ3n) is 4.83. The molecule has 0 aliphatic carbocycles. The Kier molecular flexibility index (Phi) is 5.86. The third kappa shape index (κ3) is 4.01. The minimum Gasteiger partial charge on any atom is -0.530 e. The fourth-order valence-corrected chi connectivity index (χ4v) is 4.95.